The molecule has 3 aromatic heterocycles. The number of carbonyl (C=O) groups is 2. The number of nitrogens with one attached hydrogen (secondary N) is 1. The van der Waals surface area contributed by atoms with Crippen LogP contribution in [0.15, 0.2) is 11.4 Å². The van der Waals surface area contributed by atoms with Crippen LogP contribution in [0.1, 0.15) is 50.5 Å². The molecule has 5 rings (SSSR count). The molecule has 0 atom stereocenters. The van der Waals surface area contributed by atoms with Gasteiger partial charge in [0, 0.05) is 15.1 Å². The summed E-state index contributed by atoms with van der Waals surface area (Å²) in [5.74, 6) is -0.370. The smallest absolute Gasteiger partial charge is 0.251 e. The molecule has 0 radical (unpaired) electrons. The van der Waals surface area contributed by atoms with Crippen molar-refractivity contribution in [3.8, 4) is 0 Å². The monoisotopic (exact) mass is 444 g/mol. The number of thiophene rings is 2. The van der Waals surface area contributed by atoms with E-state index in [9.17, 15) is 9.59 Å². The molecule has 0 saturated carbocycles. The van der Waals surface area contributed by atoms with Crippen LogP contribution in [-0.2, 0) is 30.5 Å². The summed E-state index contributed by atoms with van der Waals surface area (Å²) in [6, 6.07) is 0. The molecule has 0 fully saturated rings. The number of carbonyl (C=O) groups excluding carboxylic acids is 2. The van der Waals surface area contributed by atoms with Gasteiger partial charge in [-0.05, 0) is 56.1 Å². The van der Waals surface area contributed by atoms with Gasteiger partial charge in [0.05, 0.1) is 11.3 Å². The number of fused-ring (bicyclic) bond motifs is 4. The SMILES string of the molecule is NC(=O)c1c(NC(=O)CSc2ncnc3sc4c(c23)CCC4)sc2c1CCCC2. The number of hydrogen-bond donors (Lipinski definition) is 2. The molecule has 0 unspecified atom stereocenters. The first-order valence-corrected chi connectivity index (χ1v) is 12.4. The summed E-state index contributed by atoms with van der Waals surface area (Å²) in [5, 5.41) is 5.51. The zero-order chi connectivity index (χ0) is 20.0. The van der Waals surface area contributed by atoms with Gasteiger partial charge in [-0.15, -0.1) is 22.7 Å². The third-order valence-electron chi connectivity index (χ3n) is 5.48. The highest BCUT2D eigenvalue weighted by atomic mass is 32.2. The molecule has 0 saturated heterocycles. The summed E-state index contributed by atoms with van der Waals surface area (Å²) in [6.45, 7) is 0. The van der Waals surface area contributed by atoms with Crippen molar-refractivity contribution in [1.29, 1.82) is 0 Å². The van der Waals surface area contributed by atoms with Crippen LogP contribution >= 0.6 is 34.4 Å². The maximum absolute atomic E-state index is 12.7. The van der Waals surface area contributed by atoms with Crippen LogP contribution in [0.2, 0.25) is 0 Å². The van der Waals surface area contributed by atoms with Gasteiger partial charge in [0.25, 0.3) is 5.91 Å². The second kappa shape index (κ2) is 7.70. The standard InChI is InChI=1S/C20H20N4O2S3/c21-17(26)15-10-4-1-2-6-12(10)29-20(15)24-14(25)8-27-18-16-11-5-3-7-13(11)28-19(16)23-9-22-18/h9H,1-8H2,(H2,21,26)(H,24,25). The minimum atomic E-state index is -0.460. The van der Waals surface area contributed by atoms with Gasteiger partial charge < -0.3 is 11.1 Å². The van der Waals surface area contributed by atoms with E-state index in [4.69, 9.17) is 5.73 Å². The van der Waals surface area contributed by atoms with Crippen molar-refractivity contribution in [2.24, 2.45) is 5.73 Å². The molecule has 0 aliphatic heterocycles. The van der Waals surface area contributed by atoms with E-state index in [1.807, 2.05) is 0 Å². The second-order valence-corrected chi connectivity index (χ2v) is 10.5. The van der Waals surface area contributed by atoms with E-state index >= 15 is 0 Å². The van der Waals surface area contributed by atoms with Crippen molar-refractivity contribution in [3.05, 3.63) is 32.8 Å². The number of aromatic nitrogens is 2. The number of rotatable bonds is 5. The topological polar surface area (TPSA) is 98.0 Å². The molecule has 0 aromatic carbocycles. The predicted molar refractivity (Wildman–Crippen MR) is 118 cm³/mol. The van der Waals surface area contributed by atoms with Crippen molar-refractivity contribution in [1.82, 2.24) is 9.97 Å². The fourth-order valence-corrected chi connectivity index (χ4v) is 7.65. The summed E-state index contributed by atoms with van der Waals surface area (Å²) in [4.78, 5) is 37.1. The summed E-state index contributed by atoms with van der Waals surface area (Å²) in [6.07, 6.45) is 8.91. The van der Waals surface area contributed by atoms with E-state index in [0.29, 0.717) is 10.6 Å². The average Bonchev–Trinajstić information content (AvgIpc) is 3.38. The average molecular weight is 445 g/mol. The number of nitrogens with two attached hydrogens (primary N) is 1. The van der Waals surface area contributed by atoms with Gasteiger partial charge in [-0.25, -0.2) is 9.97 Å². The number of amides is 2. The molecule has 0 spiro atoms. The Balaban J connectivity index is 1.35. The molecule has 2 aliphatic rings. The Morgan fingerprint density at radius 3 is 2.66 bits per heavy atom. The van der Waals surface area contributed by atoms with Gasteiger partial charge in [0.15, 0.2) is 0 Å². The number of anilines is 1. The molecule has 3 N–H and O–H groups in total. The Morgan fingerprint density at radius 2 is 1.79 bits per heavy atom. The summed E-state index contributed by atoms with van der Waals surface area (Å²) in [7, 11) is 0. The summed E-state index contributed by atoms with van der Waals surface area (Å²) in [5.41, 5.74) is 8.51. The molecule has 29 heavy (non-hydrogen) atoms. The fourth-order valence-electron chi connectivity index (χ4n) is 4.22. The largest absolute Gasteiger partial charge is 0.365 e. The number of hydrogen-bond acceptors (Lipinski definition) is 7. The minimum Gasteiger partial charge on any atom is -0.365 e. The Hall–Kier alpha value is -1.97. The third kappa shape index (κ3) is 3.45. The number of aryl methyl sites for hydroxylation is 3. The molecule has 3 aromatic rings. The Bertz CT molecular complexity index is 1130. The maximum atomic E-state index is 12.7. The lowest BCUT2D eigenvalue weighted by molar-refractivity contribution is -0.113. The van der Waals surface area contributed by atoms with E-state index in [2.05, 4.69) is 15.3 Å². The second-order valence-electron chi connectivity index (χ2n) is 7.33. The van der Waals surface area contributed by atoms with Crippen LogP contribution in [0, 0.1) is 0 Å². The van der Waals surface area contributed by atoms with Gasteiger partial charge in [-0.1, -0.05) is 11.8 Å². The van der Waals surface area contributed by atoms with Crippen LogP contribution in [-0.4, -0.2) is 27.5 Å². The Morgan fingerprint density at radius 1 is 1.03 bits per heavy atom. The van der Waals surface area contributed by atoms with Gasteiger partial charge in [-0.3, -0.25) is 9.59 Å². The molecule has 6 nitrogen and oxygen atoms in total. The van der Waals surface area contributed by atoms with Gasteiger partial charge in [-0.2, -0.15) is 0 Å². The Labute approximate surface area is 180 Å². The number of thioether (sulfide) groups is 1. The number of primary amides is 1. The zero-order valence-electron chi connectivity index (χ0n) is 15.7. The first kappa shape index (κ1) is 19.0. The van der Waals surface area contributed by atoms with Crippen molar-refractivity contribution in [2.75, 3.05) is 11.1 Å². The van der Waals surface area contributed by atoms with Crippen molar-refractivity contribution < 1.29 is 9.59 Å². The van der Waals surface area contributed by atoms with Crippen LogP contribution < -0.4 is 11.1 Å². The lowest BCUT2D eigenvalue weighted by atomic mass is 9.95. The molecule has 2 amide bonds. The molecule has 9 heteroatoms. The van der Waals surface area contributed by atoms with Crippen molar-refractivity contribution in [3.63, 3.8) is 0 Å². The fraction of sp³-hybridized carbons (Fsp3) is 0.400. The molecule has 0 bridgehead atoms. The lowest BCUT2D eigenvalue weighted by Gasteiger charge is -2.11. The van der Waals surface area contributed by atoms with E-state index in [1.165, 1.54) is 44.8 Å². The van der Waals surface area contributed by atoms with E-state index in [0.717, 1.165) is 59.3 Å². The van der Waals surface area contributed by atoms with E-state index in [-0.39, 0.29) is 11.7 Å². The third-order valence-corrected chi connectivity index (χ3v) is 8.87. The minimum absolute atomic E-state index is 0.144. The quantitative estimate of drug-likeness (QED) is 0.459. The summed E-state index contributed by atoms with van der Waals surface area (Å²) >= 11 is 4.67. The first-order chi connectivity index (χ1) is 14.1. The highest BCUT2D eigenvalue weighted by molar-refractivity contribution is 8.00. The molecular formula is C20H20N4O2S3. The van der Waals surface area contributed by atoms with Crippen LogP contribution in [0.5, 0.6) is 0 Å². The lowest BCUT2D eigenvalue weighted by Crippen LogP contribution is -2.19. The normalized spacial score (nSPS) is 15.3. The maximum Gasteiger partial charge on any atom is 0.251 e. The van der Waals surface area contributed by atoms with Crippen molar-refractivity contribution >= 4 is 61.5 Å². The predicted octanol–water partition coefficient (Wildman–Crippen LogP) is 3.95. The zero-order valence-corrected chi connectivity index (χ0v) is 18.2. The molecule has 150 valence electrons. The van der Waals surface area contributed by atoms with Gasteiger partial charge >= 0.3 is 0 Å². The van der Waals surface area contributed by atoms with E-state index < -0.39 is 5.91 Å². The molecule has 3 heterocycles. The van der Waals surface area contributed by atoms with Crippen LogP contribution in [0.25, 0.3) is 10.2 Å². The van der Waals surface area contributed by atoms with Crippen LogP contribution in [0.3, 0.4) is 0 Å². The number of nitrogens with zero attached hydrogens (tertiary/aromatic N) is 2. The summed E-state index contributed by atoms with van der Waals surface area (Å²) < 4.78 is 0. The molecular weight excluding hydrogens is 424 g/mol. The van der Waals surface area contributed by atoms with E-state index in [1.54, 1.807) is 17.7 Å². The first-order valence-electron chi connectivity index (χ1n) is 9.74. The van der Waals surface area contributed by atoms with Crippen LogP contribution in [0.4, 0.5) is 5.00 Å². The van der Waals surface area contributed by atoms with Gasteiger partial charge in [0.1, 0.15) is 21.2 Å². The highest BCUT2D eigenvalue weighted by Gasteiger charge is 2.25. The highest BCUT2D eigenvalue weighted by Crippen LogP contribution is 2.40. The Kier molecular flexibility index (Phi) is 5.05. The van der Waals surface area contributed by atoms with Crippen molar-refractivity contribution in [2.45, 2.75) is 50.0 Å². The molecule has 2 aliphatic carbocycles. The van der Waals surface area contributed by atoms with Gasteiger partial charge in [0.2, 0.25) is 5.91 Å².